The zero-order chi connectivity index (χ0) is 16.9. The van der Waals surface area contributed by atoms with Crippen molar-refractivity contribution in [3.05, 3.63) is 30.1 Å². The van der Waals surface area contributed by atoms with E-state index in [0.29, 0.717) is 12.0 Å². The third-order valence-corrected chi connectivity index (χ3v) is 5.50. The number of carbonyl (C=O) groups is 1. The van der Waals surface area contributed by atoms with Crippen LogP contribution in [-0.4, -0.2) is 77.4 Å². The number of hydrogen-bond acceptors (Lipinski definition) is 4. The minimum atomic E-state index is 0.216. The largest absolute Gasteiger partial charge is 0.342 e. The molecule has 0 aromatic carbocycles. The monoisotopic (exact) mass is 330 g/mol. The Morgan fingerprint density at radius 2 is 2.08 bits per heavy atom. The van der Waals surface area contributed by atoms with Gasteiger partial charge in [-0.2, -0.15) is 0 Å². The first-order valence-corrected chi connectivity index (χ1v) is 9.25. The van der Waals surface area contributed by atoms with Gasteiger partial charge in [-0.25, -0.2) is 0 Å². The van der Waals surface area contributed by atoms with Crippen LogP contribution in [0.4, 0.5) is 0 Å². The van der Waals surface area contributed by atoms with Crippen molar-refractivity contribution >= 4 is 5.91 Å². The van der Waals surface area contributed by atoms with Crippen molar-refractivity contribution in [2.45, 2.75) is 32.7 Å². The van der Waals surface area contributed by atoms with E-state index in [4.69, 9.17) is 0 Å². The van der Waals surface area contributed by atoms with Gasteiger partial charge in [0.15, 0.2) is 0 Å². The van der Waals surface area contributed by atoms with Crippen LogP contribution in [0.2, 0.25) is 0 Å². The number of rotatable bonds is 4. The lowest BCUT2D eigenvalue weighted by atomic mass is 10.0. The summed E-state index contributed by atoms with van der Waals surface area (Å²) in [6, 6.07) is 6.78. The SMILES string of the molecule is CC(=O)N1CCCN([C@H]2CN(CCc3ccccn3)C[C@H]2C)CC1. The molecule has 0 unspecified atom stereocenters. The van der Waals surface area contributed by atoms with E-state index < -0.39 is 0 Å². The molecule has 0 bridgehead atoms. The maximum Gasteiger partial charge on any atom is 0.219 e. The van der Waals surface area contributed by atoms with Crippen molar-refractivity contribution in [3.8, 4) is 0 Å². The second-order valence-electron chi connectivity index (χ2n) is 7.27. The van der Waals surface area contributed by atoms with E-state index in [0.717, 1.165) is 52.1 Å². The van der Waals surface area contributed by atoms with Gasteiger partial charge in [-0.3, -0.25) is 14.7 Å². The summed E-state index contributed by atoms with van der Waals surface area (Å²) in [7, 11) is 0. The lowest BCUT2D eigenvalue weighted by molar-refractivity contribution is -0.128. The van der Waals surface area contributed by atoms with Crippen molar-refractivity contribution in [2.75, 3.05) is 45.8 Å². The first-order valence-electron chi connectivity index (χ1n) is 9.25. The fourth-order valence-electron chi connectivity index (χ4n) is 4.11. The highest BCUT2D eigenvalue weighted by Crippen LogP contribution is 2.23. The maximum atomic E-state index is 11.6. The van der Waals surface area contributed by atoms with Crippen molar-refractivity contribution in [1.82, 2.24) is 19.7 Å². The van der Waals surface area contributed by atoms with Gasteiger partial charge in [0.2, 0.25) is 5.91 Å². The number of nitrogens with zero attached hydrogens (tertiary/aromatic N) is 4. The summed E-state index contributed by atoms with van der Waals surface area (Å²) >= 11 is 0. The summed E-state index contributed by atoms with van der Waals surface area (Å²) in [4.78, 5) is 23.2. The molecular weight excluding hydrogens is 300 g/mol. The second kappa shape index (κ2) is 8.08. The van der Waals surface area contributed by atoms with Crippen LogP contribution in [0.5, 0.6) is 0 Å². The highest BCUT2D eigenvalue weighted by molar-refractivity contribution is 5.73. The molecule has 1 amide bonds. The molecule has 0 radical (unpaired) electrons. The van der Waals surface area contributed by atoms with Crippen LogP contribution in [0.15, 0.2) is 24.4 Å². The van der Waals surface area contributed by atoms with E-state index in [1.54, 1.807) is 6.92 Å². The van der Waals surface area contributed by atoms with E-state index in [9.17, 15) is 4.79 Å². The highest BCUT2D eigenvalue weighted by atomic mass is 16.2. The summed E-state index contributed by atoms with van der Waals surface area (Å²) in [5, 5.41) is 0. The van der Waals surface area contributed by atoms with Gasteiger partial charge in [-0.15, -0.1) is 0 Å². The van der Waals surface area contributed by atoms with Gasteiger partial charge in [0.1, 0.15) is 0 Å². The minimum absolute atomic E-state index is 0.216. The molecular formula is C19H30N4O. The van der Waals surface area contributed by atoms with E-state index in [1.807, 2.05) is 17.2 Å². The molecule has 132 valence electrons. The fraction of sp³-hybridized carbons (Fsp3) is 0.684. The Kier molecular flexibility index (Phi) is 5.85. The zero-order valence-corrected chi connectivity index (χ0v) is 15.0. The van der Waals surface area contributed by atoms with Crippen LogP contribution in [0.25, 0.3) is 0 Å². The third-order valence-electron chi connectivity index (χ3n) is 5.50. The van der Waals surface area contributed by atoms with E-state index in [-0.39, 0.29) is 5.91 Å². The van der Waals surface area contributed by atoms with Crippen molar-refractivity contribution in [2.24, 2.45) is 5.92 Å². The van der Waals surface area contributed by atoms with Crippen molar-refractivity contribution in [1.29, 1.82) is 0 Å². The van der Waals surface area contributed by atoms with E-state index >= 15 is 0 Å². The number of carbonyl (C=O) groups excluding carboxylic acids is 1. The van der Waals surface area contributed by atoms with E-state index in [1.165, 1.54) is 12.2 Å². The number of likely N-dealkylation sites (tertiary alicyclic amines) is 1. The third kappa shape index (κ3) is 4.33. The summed E-state index contributed by atoms with van der Waals surface area (Å²) in [6.45, 7) is 11.4. The molecule has 0 saturated carbocycles. The summed E-state index contributed by atoms with van der Waals surface area (Å²) in [5.74, 6) is 0.908. The van der Waals surface area contributed by atoms with Crippen LogP contribution < -0.4 is 0 Å². The van der Waals surface area contributed by atoms with Gasteiger partial charge in [0, 0.05) is 77.1 Å². The first-order chi connectivity index (χ1) is 11.6. The summed E-state index contributed by atoms with van der Waals surface area (Å²) < 4.78 is 0. The Balaban J connectivity index is 1.51. The lowest BCUT2D eigenvalue weighted by Gasteiger charge is -2.30. The van der Waals surface area contributed by atoms with Crippen LogP contribution in [0.3, 0.4) is 0 Å². The number of hydrogen-bond donors (Lipinski definition) is 0. The molecule has 5 heteroatoms. The lowest BCUT2D eigenvalue weighted by Crippen LogP contribution is -2.43. The predicted octanol–water partition coefficient (Wildman–Crippen LogP) is 1.50. The van der Waals surface area contributed by atoms with Gasteiger partial charge in [-0.05, 0) is 24.5 Å². The number of amides is 1. The van der Waals surface area contributed by atoms with Crippen LogP contribution in [0.1, 0.15) is 26.0 Å². The molecule has 2 aliphatic heterocycles. The molecule has 3 heterocycles. The minimum Gasteiger partial charge on any atom is -0.342 e. The Labute approximate surface area is 145 Å². The standard InChI is InChI=1S/C19H30N4O/c1-16-14-21(11-7-18-6-3-4-8-20-18)15-19(16)23-10-5-9-22(12-13-23)17(2)24/h3-4,6,8,16,19H,5,7,9-15H2,1-2H3/t16-,19+/m1/s1. The Morgan fingerprint density at radius 1 is 1.21 bits per heavy atom. The van der Waals surface area contributed by atoms with Crippen molar-refractivity contribution in [3.63, 3.8) is 0 Å². The molecule has 0 N–H and O–H groups in total. The fourth-order valence-corrected chi connectivity index (χ4v) is 4.11. The molecule has 2 saturated heterocycles. The van der Waals surface area contributed by atoms with Crippen LogP contribution in [0, 0.1) is 5.92 Å². The van der Waals surface area contributed by atoms with Gasteiger partial charge >= 0.3 is 0 Å². The number of pyridine rings is 1. The quantitative estimate of drug-likeness (QED) is 0.839. The molecule has 1 aromatic rings. The molecule has 0 spiro atoms. The molecule has 5 nitrogen and oxygen atoms in total. The van der Waals surface area contributed by atoms with Crippen LogP contribution in [-0.2, 0) is 11.2 Å². The Morgan fingerprint density at radius 3 is 2.83 bits per heavy atom. The van der Waals surface area contributed by atoms with Gasteiger partial charge < -0.3 is 9.80 Å². The normalized spacial score (nSPS) is 26.5. The Hall–Kier alpha value is -1.46. The molecule has 1 aromatic heterocycles. The van der Waals surface area contributed by atoms with Crippen LogP contribution >= 0.6 is 0 Å². The smallest absolute Gasteiger partial charge is 0.219 e. The second-order valence-corrected chi connectivity index (χ2v) is 7.27. The highest BCUT2D eigenvalue weighted by Gasteiger charge is 2.34. The molecule has 2 atom stereocenters. The average molecular weight is 330 g/mol. The first kappa shape index (κ1) is 17.4. The maximum absolute atomic E-state index is 11.6. The summed E-state index contributed by atoms with van der Waals surface area (Å²) in [6.07, 6.45) is 4.00. The molecule has 2 fully saturated rings. The number of aromatic nitrogens is 1. The van der Waals surface area contributed by atoms with E-state index in [2.05, 4.69) is 33.8 Å². The van der Waals surface area contributed by atoms with Crippen molar-refractivity contribution < 1.29 is 4.79 Å². The molecule has 24 heavy (non-hydrogen) atoms. The summed E-state index contributed by atoms with van der Waals surface area (Å²) in [5.41, 5.74) is 1.18. The topological polar surface area (TPSA) is 39.7 Å². The van der Waals surface area contributed by atoms with Gasteiger partial charge in [0.25, 0.3) is 0 Å². The van der Waals surface area contributed by atoms with Gasteiger partial charge in [-0.1, -0.05) is 13.0 Å². The predicted molar refractivity (Wildman–Crippen MR) is 95.8 cm³/mol. The zero-order valence-electron chi connectivity index (χ0n) is 15.0. The average Bonchev–Trinajstić information content (AvgIpc) is 2.80. The molecule has 2 aliphatic rings. The van der Waals surface area contributed by atoms with Gasteiger partial charge in [0.05, 0.1) is 0 Å². The Bertz CT molecular complexity index is 535. The molecule has 3 rings (SSSR count). The molecule has 0 aliphatic carbocycles.